The van der Waals surface area contributed by atoms with Crippen molar-refractivity contribution in [1.82, 2.24) is 0 Å². The van der Waals surface area contributed by atoms with Gasteiger partial charge in [-0.3, -0.25) is 13.8 Å². The lowest BCUT2D eigenvalue weighted by atomic mass is 10.0. The third-order valence-corrected chi connectivity index (χ3v) is 10.7. The Labute approximate surface area is 326 Å². The number of aliphatic hydroxyl groups is 2. The average molecular weight is 777 g/mol. The number of rotatable bonds is 43. The SMILES string of the molecule is CCCCCCCCC/C=C\CCCCCCCCCC(=O)OC(COCCCCCCCCCCCCCCCC)COP(=O)(O)OCC(O)CO. The minimum atomic E-state index is -4.51. The molecule has 0 radical (unpaired) electrons. The summed E-state index contributed by atoms with van der Waals surface area (Å²) in [7, 11) is -4.51. The molecule has 0 bridgehead atoms. The second-order valence-corrected chi connectivity index (χ2v) is 16.5. The van der Waals surface area contributed by atoms with Crippen LogP contribution in [-0.2, 0) is 27.9 Å². The molecule has 0 aromatic heterocycles. The Balaban J connectivity index is 4.13. The largest absolute Gasteiger partial charge is 0.472 e. The molecule has 53 heavy (non-hydrogen) atoms. The minimum Gasteiger partial charge on any atom is -0.457 e. The first-order valence-electron chi connectivity index (χ1n) is 22.2. The fraction of sp³-hybridized carbons (Fsp3) is 0.930. The van der Waals surface area contributed by atoms with Crippen molar-refractivity contribution in [3.63, 3.8) is 0 Å². The maximum absolute atomic E-state index is 12.6. The second-order valence-electron chi connectivity index (χ2n) is 15.1. The van der Waals surface area contributed by atoms with Crippen LogP contribution in [0.2, 0.25) is 0 Å². The Morgan fingerprint density at radius 1 is 0.566 bits per heavy atom. The molecule has 0 heterocycles. The van der Waals surface area contributed by atoms with Crippen molar-refractivity contribution in [2.45, 2.75) is 225 Å². The van der Waals surface area contributed by atoms with E-state index in [0.717, 1.165) is 38.5 Å². The quantitative estimate of drug-likeness (QED) is 0.0240. The molecule has 0 rings (SSSR count). The van der Waals surface area contributed by atoms with Crippen molar-refractivity contribution < 1.29 is 43.0 Å². The van der Waals surface area contributed by atoms with E-state index in [1.807, 2.05) is 0 Å². The number of hydrogen-bond acceptors (Lipinski definition) is 8. The third kappa shape index (κ3) is 40.7. The highest BCUT2D eigenvalue weighted by molar-refractivity contribution is 7.47. The molecule has 0 fully saturated rings. The Bertz CT molecular complexity index is 841. The first-order valence-corrected chi connectivity index (χ1v) is 23.7. The van der Waals surface area contributed by atoms with Crippen molar-refractivity contribution in [3.8, 4) is 0 Å². The first kappa shape index (κ1) is 52.2. The van der Waals surface area contributed by atoms with Gasteiger partial charge in [0.2, 0.25) is 0 Å². The van der Waals surface area contributed by atoms with Crippen LogP contribution in [0.4, 0.5) is 0 Å². The summed E-state index contributed by atoms with van der Waals surface area (Å²) in [5.41, 5.74) is 0. The normalized spacial score (nSPS) is 14.1. The molecule has 0 amide bonds. The van der Waals surface area contributed by atoms with E-state index in [2.05, 4.69) is 26.0 Å². The van der Waals surface area contributed by atoms with Crippen LogP contribution in [0.3, 0.4) is 0 Å². The number of phosphoric ester groups is 1. The predicted octanol–water partition coefficient (Wildman–Crippen LogP) is 12.1. The van der Waals surface area contributed by atoms with Gasteiger partial charge in [-0.15, -0.1) is 0 Å². The van der Waals surface area contributed by atoms with Crippen molar-refractivity contribution in [2.24, 2.45) is 0 Å². The van der Waals surface area contributed by atoms with E-state index in [9.17, 15) is 19.4 Å². The van der Waals surface area contributed by atoms with Gasteiger partial charge < -0.3 is 24.6 Å². The van der Waals surface area contributed by atoms with Crippen LogP contribution in [0, 0.1) is 0 Å². The second kappa shape index (κ2) is 40.9. The number of phosphoric acid groups is 1. The summed E-state index contributed by atoms with van der Waals surface area (Å²) < 4.78 is 33.4. The van der Waals surface area contributed by atoms with Crippen LogP contribution in [0.25, 0.3) is 0 Å². The zero-order chi connectivity index (χ0) is 38.9. The topological polar surface area (TPSA) is 132 Å². The van der Waals surface area contributed by atoms with Gasteiger partial charge in [0.15, 0.2) is 0 Å². The highest BCUT2D eigenvalue weighted by atomic mass is 31.2. The summed E-state index contributed by atoms with van der Waals surface area (Å²) in [6.07, 6.45) is 40.2. The molecule has 3 N–H and O–H groups in total. The van der Waals surface area contributed by atoms with Crippen LogP contribution in [0.15, 0.2) is 12.2 Å². The Hall–Kier alpha value is -0.800. The van der Waals surface area contributed by atoms with Crippen molar-refractivity contribution >= 4 is 13.8 Å². The third-order valence-electron chi connectivity index (χ3n) is 9.70. The fourth-order valence-corrected chi connectivity index (χ4v) is 7.08. The molecule has 0 aliphatic carbocycles. The zero-order valence-corrected chi connectivity index (χ0v) is 35.4. The number of aliphatic hydroxyl groups excluding tert-OH is 2. The molecule has 0 aromatic rings. The van der Waals surface area contributed by atoms with Gasteiger partial charge in [-0.1, -0.05) is 180 Å². The lowest BCUT2D eigenvalue weighted by Crippen LogP contribution is -2.29. The summed E-state index contributed by atoms with van der Waals surface area (Å²) in [6.45, 7) is 3.55. The lowest BCUT2D eigenvalue weighted by Gasteiger charge is -2.20. The highest BCUT2D eigenvalue weighted by Crippen LogP contribution is 2.43. The number of allylic oxidation sites excluding steroid dienone is 2. The van der Waals surface area contributed by atoms with Crippen LogP contribution in [0.5, 0.6) is 0 Å². The smallest absolute Gasteiger partial charge is 0.457 e. The van der Waals surface area contributed by atoms with Crippen molar-refractivity contribution in [2.75, 3.05) is 33.0 Å². The van der Waals surface area contributed by atoms with Crippen LogP contribution < -0.4 is 0 Å². The van der Waals surface area contributed by atoms with Crippen molar-refractivity contribution in [3.05, 3.63) is 12.2 Å². The molecule has 0 aromatic carbocycles. The van der Waals surface area contributed by atoms with Crippen LogP contribution in [0.1, 0.15) is 213 Å². The van der Waals surface area contributed by atoms with Crippen LogP contribution >= 0.6 is 7.82 Å². The number of hydrogen-bond donors (Lipinski definition) is 3. The summed E-state index contributed by atoms with van der Waals surface area (Å²) in [5, 5.41) is 18.3. The predicted molar refractivity (Wildman–Crippen MR) is 219 cm³/mol. The van der Waals surface area contributed by atoms with E-state index in [-0.39, 0.29) is 25.6 Å². The molecule has 0 saturated carbocycles. The van der Waals surface area contributed by atoms with E-state index in [1.54, 1.807) is 0 Å². The number of carbonyl (C=O) groups excluding carboxylic acids is 1. The molecular formula is C43H85O9P. The van der Waals surface area contributed by atoms with Gasteiger partial charge in [-0.05, 0) is 38.5 Å². The van der Waals surface area contributed by atoms with Gasteiger partial charge in [0.1, 0.15) is 12.2 Å². The molecule has 316 valence electrons. The van der Waals surface area contributed by atoms with Crippen molar-refractivity contribution in [1.29, 1.82) is 0 Å². The average Bonchev–Trinajstić information content (AvgIpc) is 3.15. The molecule has 9 nitrogen and oxygen atoms in total. The monoisotopic (exact) mass is 777 g/mol. The summed E-state index contributed by atoms with van der Waals surface area (Å²) >= 11 is 0. The first-order chi connectivity index (χ1) is 25.8. The van der Waals surface area contributed by atoms with Crippen LogP contribution in [-0.4, -0.2) is 66.3 Å². The van der Waals surface area contributed by atoms with Gasteiger partial charge >= 0.3 is 13.8 Å². The summed E-state index contributed by atoms with van der Waals surface area (Å²) in [5.74, 6) is -0.383. The number of ether oxygens (including phenoxy) is 2. The number of esters is 1. The molecule has 0 spiro atoms. The molecule has 3 atom stereocenters. The molecule has 3 unspecified atom stereocenters. The molecule has 0 aliphatic rings. The molecule has 0 saturated heterocycles. The van der Waals surface area contributed by atoms with Gasteiger partial charge in [0.05, 0.1) is 26.4 Å². The maximum Gasteiger partial charge on any atom is 0.472 e. The van der Waals surface area contributed by atoms with E-state index in [1.165, 1.54) is 154 Å². The van der Waals surface area contributed by atoms with E-state index in [0.29, 0.717) is 6.61 Å². The Kier molecular flexibility index (Phi) is 40.2. The van der Waals surface area contributed by atoms with Gasteiger partial charge in [-0.25, -0.2) is 4.57 Å². The molecular weight excluding hydrogens is 691 g/mol. The number of carbonyl (C=O) groups is 1. The summed E-state index contributed by atoms with van der Waals surface area (Å²) in [6, 6.07) is 0. The molecule has 10 heteroatoms. The van der Waals surface area contributed by atoms with Gasteiger partial charge in [-0.2, -0.15) is 0 Å². The number of unbranched alkanes of at least 4 members (excludes halogenated alkanes) is 27. The standard InChI is InChI=1S/C43H85O9P/c1-3-5-7-9-11-13-15-17-19-20-21-22-23-25-27-29-31-33-35-43(46)52-42(40-51-53(47,48)50-38-41(45)37-44)39-49-36-34-32-30-28-26-24-18-16-14-12-10-8-6-4-2/h19-20,41-42,44-45H,3-18,21-40H2,1-2H3,(H,47,48)/b20-19-. The Morgan fingerprint density at radius 3 is 1.42 bits per heavy atom. The molecule has 0 aliphatic heterocycles. The highest BCUT2D eigenvalue weighted by Gasteiger charge is 2.26. The van der Waals surface area contributed by atoms with E-state index >= 15 is 0 Å². The maximum atomic E-state index is 12.6. The fourth-order valence-electron chi connectivity index (χ4n) is 6.29. The van der Waals surface area contributed by atoms with E-state index in [4.69, 9.17) is 23.6 Å². The van der Waals surface area contributed by atoms with E-state index < -0.39 is 33.2 Å². The Morgan fingerprint density at radius 2 is 0.962 bits per heavy atom. The summed E-state index contributed by atoms with van der Waals surface area (Å²) in [4.78, 5) is 22.6. The van der Waals surface area contributed by atoms with Gasteiger partial charge in [0.25, 0.3) is 0 Å². The van der Waals surface area contributed by atoms with Gasteiger partial charge in [0, 0.05) is 13.0 Å². The minimum absolute atomic E-state index is 0.0533. The lowest BCUT2D eigenvalue weighted by molar-refractivity contribution is -0.154. The zero-order valence-electron chi connectivity index (χ0n) is 34.5.